The maximum Gasteiger partial charge on any atom is 0.303 e. The van der Waals surface area contributed by atoms with Crippen LogP contribution >= 0.6 is 0 Å². The van der Waals surface area contributed by atoms with Crippen molar-refractivity contribution >= 4 is 11.9 Å². The van der Waals surface area contributed by atoms with Gasteiger partial charge in [0.05, 0.1) is 18.8 Å². The molecular weight excluding hydrogens is 430 g/mol. The Morgan fingerprint density at radius 1 is 1.09 bits per heavy atom. The molecule has 1 aliphatic rings. The van der Waals surface area contributed by atoms with Crippen LogP contribution < -0.4 is 4.74 Å². The molecule has 6 nitrogen and oxygen atoms in total. The van der Waals surface area contributed by atoms with Crippen LogP contribution in [0.25, 0.3) is 0 Å². The number of carboxylic acid groups (broad SMARTS) is 1. The molecule has 2 aromatic carbocycles. The SMILES string of the molecule is O=C(O)CCCCCCN1C(=O)CCC1C=CC(O)c1cccc(OCCc2ccccc2)c1. The molecule has 0 aliphatic carbocycles. The van der Waals surface area contributed by atoms with Crippen molar-refractivity contribution in [1.29, 1.82) is 0 Å². The molecule has 2 aromatic rings. The first-order valence-corrected chi connectivity index (χ1v) is 12.2. The molecule has 1 heterocycles. The van der Waals surface area contributed by atoms with Gasteiger partial charge in [0.25, 0.3) is 0 Å². The fraction of sp³-hybridized carbons (Fsp3) is 0.429. The number of aliphatic hydroxyl groups is 1. The molecule has 1 aliphatic heterocycles. The van der Waals surface area contributed by atoms with Crippen LogP contribution in [0.2, 0.25) is 0 Å². The van der Waals surface area contributed by atoms with Crippen molar-refractivity contribution in [2.75, 3.05) is 13.2 Å². The number of hydrogen-bond acceptors (Lipinski definition) is 4. The van der Waals surface area contributed by atoms with Crippen LogP contribution in [0, 0.1) is 0 Å². The zero-order valence-corrected chi connectivity index (χ0v) is 19.6. The summed E-state index contributed by atoms with van der Waals surface area (Å²) in [6.45, 7) is 1.23. The van der Waals surface area contributed by atoms with E-state index in [0.29, 0.717) is 26.0 Å². The van der Waals surface area contributed by atoms with Crippen molar-refractivity contribution in [2.45, 2.75) is 63.5 Å². The highest BCUT2D eigenvalue weighted by molar-refractivity contribution is 5.79. The molecule has 1 saturated heterocycles. The van der Waals surface area contributed by atoms with Gasteiger partial charge in [-0.05, 0) is 42.5 Å². The smallest absolute Gasteiger partial charge is 0.303 e. The molecule has 2 N–H and O–H groups in total. The van der Waals surface area contributed by atoms with Crippen LogP contribution in [0.15, 0.2) is 66.7 Å². The van der Waals surface area contributed by atoms with E-state index < -0.39 is 12.1 Å². The Kier molecular flexibility index (Phi) is 10.2. The molecule has 6 heteroatoms. The monoisotopic (exact) mass is 465 g/mol. The van der Waals surface area contributed by atoms with E-state index in [1.807, 2.05) is 53.4 Å². The maximum absolute atomic E-state index is 12.3. The van der Waals surface area contributed by atoms with Gasteiger partial charge in [-0.1, -0.05) is 67.5 Å². The fourth-order valence-electron chi connectivity index (χ4n) is 4.22. The van der Waals surface area contributed by atoms with Gasteiger partial charge in [-0.15, -0.1) is 0 Å². The Hall–Kier alpha value is -3.12. The Bertz CT molecular complexity index is 943. The van der Waals surface area contributed by atoms with E-state index in [4.69, 9.17) is 9.84 Å². The molecule has 3 rings (SSSR count). The Morgan fingerprint density at radius 3 is 2.68 bits per heavy atom. The number of carboxylic acids is 1. The summed E-state index contributed by atoms with van der Waals surface area (Å²) in [5.41, 5.74) is 1.97. The number of aliphatic hydroxyl groups excluding tert-OH is 1. The highest BCUT2D eigenvalue weighted by Crippen LogP contribution is 2.24. The summed E-state index contributed by atoms with van der Waals surface area (Å²) in [4.78, 5) is 24.8. The summed E-state index contributed by atoms with van der Waals surface area (Å²) >= 11 is 0. The van der Waals surface area contributed by atoms with E-state index in [-0.39, 0.29) is 18.4 Å². The van der Waals surface area contributed by atoms with Gasteiger partial charge in [0.15, 0.2) is 0 Å². The maximum atomic E-state index is 12.3. The highest BCUT2D eigenvalue weighted by atomic mass is 16.5. The van der Waals surface area contributed by atoms with Crippen LogP contribution in [-0.4, -0.2) is 46.2 Å². The lowest BCUT2D eigenvalue weighted by atomic mass is 10.1. The van der Waals surface area contributed by atoms with Crippen LogP contribution in [0.4, 0.5) is 0 Å². The third kappa shape index (κ3) is 8.34. The Balaban J connectivity index is 1.46. The minimum absolute atomic E-state index is 0.00789. The van der Waals surface area contributed by atoms with Crippen LogP contribution in [-0.2, 0) is 16.0 Å². The Morgan fingerprint density at radius 2 is 1.88 bits per heavy atom. The number of carbonyl (C=O) groups is 2. The van der Waals surface area contributed by atoms with Crippen molar-refractivity contribution in [3.8, 4) is 5.75 Å². The summed E-state index contributed by atoms with van der Waals surface area (Å²) in [7, 11) is 0. The van der Waals surface area contributed by atoms with Gasteiger partial charge in [0, 0.05) is 25.8 Å². The lowest BCUT2D eigenvalue weighted by Crippen LogP contribution is -2.32. The van der Waals surface area contributed by atoms with Crippen LogP contribution in [0.3, 0.4) is 0 Å². The number of rotatable bonds is 14. The predicted octanol–water partition coefficient (Wildman–Crippen LogP) is 4.92. The number of benzene rings is 2. The summed E-state index contributed by atoms with van der Waals surface area (Å²) in [5, 5.41) is 19.4. The normalized spacial score (nSPS) is 16.8. The molecule has 0 saturated carbocycles. The van der Waals surface area contributed by atoms with Gasteiger partial charge in [-0.3, -0.25) is 9.59 Å². The average molecular weight is 466 g/mol. The molecule has 2 unspecified atom stereocenters. The number of unbranched alkanes of at least 4 members (excludes halogenated alkanes) is 3. The highest BCUT2D eigenvalue weighted by Gasteiger charge is 2.28. The first-order chi connectivity index (χ1) is 16.5. The van der Waals surface area contributed by atoms with Crippen molar-refractivity contribution in [1.82, 2.24) is 4.90 Å². The molecule has 0 aromatic heterocycles. The zero-order chi connectivity index (χ0) is 24.2. The number of hydrogen-bond donors (Lipinski definition) is 2. The van der Waals surface area contributed by atoms with Gasteiger partial charge in [-0.25, -0.2) is 0 Å². The largest absolute Gasteiger partial charge is 0.493 e. The molecular formula is C28H35NO5. The van der Waals surface area contributed by atoms with E-state index in [0.717, 1.165) is 43.4 Å². The summed E-state index contributed by atoms with van der Waals surface area (Å²) in [5.74, 6) is 0.104. The van der Waals surface area contributed by atoms with Gasteiger partial charge in [-0.2, -0.15) is 0 Å². The van der Waals surface area contributed by atoms with Crippen molar-refractivity contribution < 1.29 is 24.5 Å². The van der Waals surface area contributed by atoms with E-state index in [1.54, 1.807) is 6.08 Å². The van der Waals surface area contributed by atoms with Gasteiger partial charge in [0.2, 0.25) is 5.91 Å². The minimum Gasteiger partial charge on any atom is -0.493 e. The summed E-state index contributed by atoms with van der Waals surface area (Å²) in [6.07, 6.45) is 8.52. The molecule has 182 valence electrons. The second-order valence-electron chi connectivity index (χ2n) is 8.74. The van der Waals surface area contributed by atoms with Crippen molar-refractivity contribution in [3.63, 3.8) is 0 Å². The van der Waals surface area contributed by atoms with Crippen LogP contribution in [0.5, 0.6) is 5.75 Å². The molecule has 1 fully saturated rings. The molecule has 2 atom stereocenters. The van der Waals surface area contributed by atoms with E-state index in [2.05, 4.69) is 12.1 Å². The lowest BCUT2D eigenvalue weighted by molar-refractivity contribution is -0.137. The molecule has 34 heavy (non-hydrogen) atoms. The topological polar surface area (TPSA) is 87.1 Å². The summed E-state index contributed by atoms with van der Waals surface area (Å²) < 4.78 is 5.87. The van der Waals surface area contributed by atoms with Crippen molar-refractivity contribution in [3.05, 3.63) is 77.9 Å². The Labute approximate surface area is 201 Å². The fourth-order valence-corrected chi connectivity index (χ4v) is 4.22. The number of aliphatic carboxylic acids is 1. The van der Waals surface area contributed by atoms with Crippen LogP contribution in [0.1, 0.15) is 62.2 Å². The number of ether oxygens (including phenoxy) is 1. The van der Waals surface area contributed by atoms with Gasteiger partial charge >= 0.3 is 5.97 Å². The number of amides is 1. The first kappa shape index (κ1) is 25.5. The number of likely N-dealkylation sites (tertiary alicyclic amines) is 1. The van der Waals surface area contributed by atoms with Gasteiger partial charge in [0.1, 0.15) is 5.75 Å². The van der Waals surface area contributed by atoms with E-state index in [9.17, 15) is 14.7 Å². The lowest BCUT2D eigenvalue weighted by Gasteiger charge is -2.22. The molecule has 0 radical (unpaired) electrons. The van der Waals surface area contributed by atoms with Gasteiger partial charge < -0.3 is 19.8 Å². The minimum atomic E-state index is -0.772. The third-order valence-corrected chi connectivity index (χ3v) is 6.13. The molecule has 0 spiro atoms. The van der Waals surface area contributed by atoms with E-state index in [1.165, 1.54) is 5.56 Å². The number of nitrogens with zero attached hydrogens (tertiary/aromatic N) is 1. The first-order valence-electron chi connectivity index (χ1n) is 12.2. The molecule has 1 amide bonds. The average Bonchev–Trinajstić information content (AvgIpc) is 3.19. The molecule has 0 bridgehead atoms. The second-order valence-corrected chi connectivity index (χ2v) is 8.74. The predicted molar refractivity (Wildman–Crippen MR) is 132 cm³/mol. The zero-order valence-electron chi connectivity index (χ0n) is 19.6. The second kappa shape index (κ2) is 13.6. The standard InChI is InChI=1S/C28H35NO5/c30-26(23-11-8-12-25(21-23)34-20-18-22-9-4-3-5-10-22)16-14-24-15-17-27(31)29(24)19-7-2-1-6-13-28(32)33/h3-5,8-12,14,16,21,24,26,30H,1-2,6-7,13,15,17-20H2,(H,32,33). The third-order valence-electron chi connectivity index (χ3n) is 6.13. The summed E-state index contributed by atoms with van der Waals surface area (Å²) in [6, 6.07) is 17.7. The quantitative estimate of drug-likeness (QED) is 0.305. The van der Waals surface area contributed by atoms with Crippen molar-refractivity contribution in [2.24, 2.45) is 0 Å². The number of carbonyl (C=O) groups excluding carboxylic acids is 1. The van der Waals surface area contributed by atoms with E-state index >= 15 is 0 Å².